The fourth-order valence-electron chi connectivity index (χ4n) is 6.77. The number of rotatable bonds is 7. The number of amides is 3. The molecule has 2 aliphatic carbocycles. The van der Waals surface area contributed by atoms with Crippen molar-refractivity contribution in [2.24, 2.45) is 11.7 Å². The van der Waals surface area contributed by atoms with Crippen LogP contribution in [-0.4, -0.2) is 77.1 Å². The van der Waals surface area contributed by atoms with Crippen LogP contribution >= 0.6 is 0 Å². The second-order valence-corrected chi connectivity index (χ2v) is 16.7. The van der Waals surface area contributed by atoms with E-state index in [0.29, 0.717) is 41.5 Å². The third-order valence-electron chi connectivity index (χ3n) is 10.3. The van der Waals surface area contributed by atoms with Crippen molar-refractivity contribution in [2.45, 2.75) is 120 Å². The summed E-state index contributed by atoms with van der Waals surface area (Å²) in [5.41, 5.74) is 5.60. The van der Waals surface area contributed by atoms with Crippen LogP contribution in [-0.2, 0) is 24.4 Å². The van der Waals surface area contributed by atoms with Crippen molar-refractivity contribution in [1.29, 1.82) is 0 Å². The van der Waals surface area contributed by atoms with E-state index in [1.807, 2.05) is 26.0 Å². The van der Waals surface area contributed by atoms with E-state index in [-0.39, 0.29) is 31.4 Å². The van der Waals surface area contributed by atoms with Gasteiger partial charge >= 0.3 is 0 Å². The Balaban J connectivity index is 1.31. The molecule has 4 N–H and O–H groups in total. The molecule has 0 spiro atoms. The van der Waals surface area contributed by atoms with Gasteiger partial charge < -0.3 is 25.4 Å². The van der Waals surface area contributed by atoms with Gasteiger partial charge in [-0.05, 0) is 78.4 Å². The molecule has 0 bridgehead atoms. The molecule has 49 heavy (non-hydrogen) atoms. The summed E-state index contributed by atoms with van der Waals surface area (Å²) in [6, 6.07) is 2.63. The molecule has 266 valence electrons. The number of halogens is 1. The number of carbonyl (C=O) groups is 3. The molecule has 3 fully saturated rings. The maximum absolute atomic E-state index is 14.6. The summed E-state index contributed by atoms with van der Waals surface area (Å²) >= 11 is 0. The van der Waals surface area contributed by atoms with Gasteiger partial charge in [0, 0.05) is 29.4 Å². The molecular formula is C35H46FN5O7S. The van der Waals surface area contributed by atoms with Gasteiger partial charge in [-0.2, -0.15) is 0 Å². The van der Waals surface area contributed by atoms with Gasteiger partial charge in [0.15, 0.2) is 0 Å². The lowest BCUT2D eigenvalue weighted by atomic mass is 10.1. The van der Waals surface area contributed by atoms with E-state index in [1.165, 1.54) is 11.0 Å². The molecule has 6 rings (SSSR count). The number of fused-ring (bicyclic) bond motifs is 3. The highest BCUT2D eigenvalue weighted by Gasteiger charge is 2.63. The highest BCUT2D eigenvalue weighted by Crippen LogP contribution is 2.47. The van der Waals surface area contributed by atoms with E-state index in [0.717, 1.165) is 25.7 Å². The van der Waals surface area contributed by atoms with Gasteiger partial charge in [-0.1, -0.05) is 25.0 Å². The maximum atomic E-state index is 14.6. The first-order chi connectivity index (χ1) is 23.1. The molecule has 12 nitrogen and oxygen atoms in total. The van der Waals surface area contributed by atoms with Gasteiger partial charge in [0.1, 0.15) is 29.3 Å². The Morgan fingerprint density at radius 2 is 1.96 bits per heavy atom. The zero-order chi connectivity index (χ0) is 35.3. The summed E-state index contributed by atoms with van der Waals surface area (Å²) in [5.74, 6) is -2.02. The molecule has 1 aromatic heterocycles. The molecule has 4 aliphatic rings. The number of carbonyl (C=O) groups excluding carboxylic acids is 3. The van der Waals surface area contributed by atoms with E-state index in [4.69, 9.17) is 15.2 Å². The molecule has 2 aliphatic heterocycles. The number of hydrogen-bond donors (Lipinski definition) is 3. The Kier molecular flexibility index (Phi) is 9.42. The third kappa shape index (κ3) is 6.99. The number of pyridine rings is 1. The van der Waals surface area contributed by atoms with Gasteiger partial charge in [-0.25, -0.2) is 17.8 Å². The standard InChI is InChI=1S/C35H46FN5O7S/c1-20(2)47-29-17-28(24-12-13-25(36)21(3)30(24)38-29)48-23-16-27-31(42)39-35(33(44)40-49(45,46)34(4)14-15-34)18-22(35)10-8-6-5-7-9-11-26(37)32(43)41(27)19-23/h8,10,12-13,17,20,22-23,26-27H,5-7,9,11,14-16,18-19,37H2,1-4H3,(H,39,42)(H,40,44)/b10-8-/t22-,23-,26+,27+,35-/m1/s1. The number of aromatic nitrogens is 1. The molecular weight excluding hydrogens is 653 g/mol. The number of allylic oxidation sites excluding steroid dienone is 1. The average molecular weight is 700 g/mol. The van der Waals surface area contributed by atoms with Crippen LogP contribution in [0.3, 0.4) is 0 Å². The fourth-order valence-corrected chi connectivity index (χ4v) is 8.08. The third-order valence-corrected chi connectivity index (χ3v) is 12.4. The summed E-state index contributed by atoms with van der Waals surface area (Å²) in [6.07, 6.45) is 7.77. The van der Waals surface area contributed by atoms with Crippen LogP contribution in [0, 0.1) is 18.7 Å². The van der Waals surface area contributed by atoms with E-state index in [1.54, 1.807) is 26.0 Å². The van der Waals surface area contributed by atoms with Crippen molar-refractivity contribution in [2.75, 3.05) is 6.54 Å². The number of ether oxygens (including phenoxy) is 2. The zero-order valence-corrected chi connectivity index (χ0v) is 29.3. The lowest BCUT2D eigenvalue weighted by molar-refractivity contribution is -0.140. The SMILES string of the molecule is Cc1c(F)ccc2c(O[C@@H]3C[C@H]4C(=O)N[C@]5(C(=O)NS(=O)(=O)C6(C)CC6)C[C@H]5/C=C\CCCCC[C@H](N)C(=O)N4C3)cc(OC(C)C)nc12. The van der Waals surface area contributed by atoms with E-state index in [9.17, 15) is 27.2 Å². The van der Waals surface area contributed by atoms with Crippen LogP contribution in [0.5, 0.6) is 11.6 Å². The van der Waals surface area contributed by atoms with Gasteiger partial charge in [0.25, 0.3) is 5.91 Å². The van der Waals surface area contributed by atoms with Crippen molar-refractivity contribution in [1.82, 2.24) is 19.9 Å². The Bertz CT molecular complexity index is 1800. The molecule has 2 saturated carbocycles. The summed E-state index contributed by atoms with van der Waals surface area (Å²) in [6.45, 7) is 6.93. The van der Waals surface area contributed by atoms with Crippen molar-refractivity contribution < 1.29 is 36.7 Å². The minimum atomic E-state index is -3.96. The molecule has 0 unspecified atom stereocenters. The summed E-state index contributed by atoms with van der Waals surface area (Å²) in [5, 5.41) is 3.41. The van der Waals surface area contributed by atoms with Crippen molar-refractivity contribution in [3.05, 3.63) is 41.7 Å². The first kappa shape index (κ1) is 35.1. The molecule has 3 amide bonds. The van der Waals surface area contributed by atoms with Gasteiger partial charge in [-0.3, -0.25) is 19.1 Å². The van der Waals surface area contributed by atoms with Gasteiger partial charge in [0.05, 0.1) is 29.0 Å². The predicted octanol–water partition coefficient (Wildman–Crippen LogP) is 3.54. The minimum Gasteiger partial charge on any atom is -0.488 e. The van der Waals surface area contributed by atoms with Crippen molar-refractivity contribution in [3.8, 4) is 11.6 Å². The maximum Gasteiger partial charge on any atom is 0.259 e. The number of nitrogens with zero attached hydrogens (tertiary/aromatic N) is 2. The normalized spacial score (nSPS) is 29.2. The largest absolute Gasteiger partial charge is 0.488 e. The number of sulfonamides is 1. The predicted molar refractivity (Wildman–Crippen MR) is 181 cm³/mol. The number of nitrogens with one attached hydrogen (secondary N) is 2. The lowest BCUT2D eigenvalue weighted by Gasteiger charge is -2.28. The zero-order valence-electron chi connectivity index (χ0n) is 28.5. The molecule has 5 atom stereocenters. The monoisotopic (exact) mass is 699 g/mol. The first-order valence-electron chi connectivity index (χ1n) is 17.2. The highest BCUT2D eigenvalue weighted by atomic mass is 32.2. The number of benzene rings is 1. The van der Waals surface area contributed by atoms with Crippen molar-refractivity contribution in [3.63, 3.8) is 0 Å². The topological polar surface area (TPSA) is 170 Å². The summed E-state index contributed by atoms with van der Waals surface area (Å²) < 4.78 is 54.2. The van der Waals surface area contributed by atoms with Gasteiger partial charge in [0.2, 0.25) is 27.7 Å². The fraction of sp³-hybridized carbons (Fsp3) is 0.600. The van der Waals surface area contributed by atoms with Crippen LogP contribution in [0.4, 0.5) is 4.39 Å². The Labute approximate surface area is 286 Å². The molecule has 2 aromatic rings. The molecule has 1 saturated heterocycles. The molecule has 1 aromatic carbocycles. The lowest BCUT2D eigenvalue weighted by Crippen LogP contribution is -2.58. The van der Waals surface area contributed by atoms with Crippen molar-refractivity contribution >= 4 is 38.6 Å². The Morgan fingerprint density at radius 1 is 1.20 bits per heavy atom. The van der Waals surface area contributed by atoms with E-state index < -0.39 is 68.0 Å². The second kappa shape index (κ2) is 13.2. The summed E-state index contributed by atoms with van der Waals surface area (Å²) in [4.78, 5) is 47.6. The highest BCUT2D eigenvalue weighted by molar-refractivity contribution is 7.91. The van der Waals surface area contributed by atoms with E-state index >= 15 is 0 Å². The summed E-state index contributed by atoms with van der Waals surface area (Å²) in [7, 11) is -3.96. The van der Waals surface area contributed by atoms with Crippen LogP contribution < -0.4 is 25.2 Å². The minimum absolute atomic E-state index is 0.0320. The quantitative estimate of drug-likeness (QED) is 0.366. The smallest absolute Gasteiger partial charge is 0.259 e. The number of nitrogens with two attached hydrogens (primary N) is 1. The Morgan fingerprint density at radius 3 is 2.67 bits per heavy atom. The molecule has 0 radical (unpaired) electrons. The van der Waals surface area contributed by atoms with Gasteiger partial charge in [-0.15, -0.1) is 0 Å². The van der Waals surface area contributed by atoms with Crippen LogP contribution in [0.25, 0.3) is 10.9 Å². The average Bonchev–Trinajstić information content (AvgIpc) is 3.91. The number of aryl methyl sites for hydroxylation is 1. The number of hydrogen-bond acceptors (Lipinski definition) is 9. The molecule has 3 heterocycles. The van der Waals surface area contributed by atoms with Crippen LogP contribution in [0.2, 0.25) is 0 Å². The molecule has 14 heteroatoms. The first-order valence-corrected chi connectivity index (χ1v) is 18.7. The van der Waals surface area contributed by atoms with Crippen LogP contribution in [0.15, 0.2) is 30.4 Å². The van der Waals surface area contributed by atoms with Crippen LogP contribution in [0.1, 0.15) is 84.1 Å². The second-order valence-electron chi connectivity index (χ2n) is 14.5. The Hall–Kier alpha value is -3.78. The van der Waals surface area contributed by atoms with E-state index in [2.05, 4.69) is 15.0 Å².